The number of hydrogen-bond donors (Lipinski definition) is 1. The van der Waals surface area contributed by atoms with Crippen LogP contribution >= 0.6 is 0 Å². The Hall–Kier alpha value is -0.160. The van der Waals surface area contributed by atoms with E-state index in [9.17, 15) is 5.11 Å². The van der Waals surface area contributed by atoms with Crippen molar-refractivity contribution >= 4 is 0 Å². The molecular weight excluding hydrogens is 160 g/mol. The van der Waals surface area contributed by atoms with Crippen LogP contribution in [0, 0.1) is 0 Å². The summed E-state index contributed by atoms with van der Waals surface area (Å²) in [6.45, 7) is 2.10. The van der Waals surface area contributed by atoms with Crippen LogP contribution in [-0.2, 0) is 14.2 Å². The lowest BCUT2D eigenvalue weighted by molar-refractivity contribution is -0.397. The fraction of sp³-hybridized carbons (Fsp3) is 1.00. The molecule has 0 amide bonds. The Bertz CT molecular complexity index is 151. The van der Waals surface area contributed by atoms with Gasteiger partial charge in [0, 0.05) is 20.6 Å². The van der Waals surface area contributed by atoms with Gasteiger partial charge in [-0.05, 0) is 13.3 Å². The van der Waals surface area contributed by atoms with E-state index in [1.54, 1.807) is 6.92 Å². The average molecular weight is 176 g/mol. The molecule has 12 heavy (non-hydrogen) atoms. The monoisotopic (exact) mass is 176 g/mol. The zero-order chi connectivity index (χ0) is 9.24. The summed E-state index contributed by atoms with van der Waals surface area (Å²) in [6.07, 6.45) is 1.48. The van der Waals surface area contributed by atoms with Crippen molar-refractivity contribution < 1.29 is 19.3 Å². The van der Waals surface area contributed by atoms with Gasteiger partial charge in [0.1, 0.15) is 0 Å². The van der Waals surface area contributed by atoms with E-state index in [2.05, 4.69) is 0 Å². The molecule has 4 nitrogen and oxygen atoms in total. The van der Waals surface area contributed by atoms with Gasteiger partial charge in [0.15, 0.2) is 0 Å². The van der Waals surface area contributed by atoms with E-state index in [1.165, 1.54) is 14.2 Å². The molecule has 0 aromatic rings. The summed E-state index contributed by atoms with van der Waals surface area (Å²) >= 11 is 0. The van der Waals surface area contributed by atoms with Crippen molar-refractivity contribution in [2.75, 3.05) is 20.8 Å². The molecule has 1 unspecified atom stereocenters. The summed E-state index contributed by atoms with van der Waals surface area (Å²) in [5.74, 6) is -2.36. The molecule has 1 heterocycles. The molecule has 72 valence electrons. The van der Waals surface area contributed by atoms with Crippen LogP contribution in [0.3, 0.4) is 0 Å². The van der Waals surface area contributed by atoms with Crippen LogP contribution in [-0.4, -0.2) is 37.5 Å². The van der Waals surface area contributed by atoms with Gasteiger partial charge in [-0.3, -0.25) is 0 Å². The van der Waals surface area contributed by atoms with E-state index in [-0.39, 0.29) is 0 Å². The molecule has 1 atom stereocenters. The highest BCUT2D eigenvalue weighted by molar-refractivity contribution is 4.86. The first-order valence-electron chi connectivity index (χ1n) is 4.04. The minimum atomic E-state index is -1.35. The van der Waals surface area contributed by atoms with Crippen LogP contribution in [0.1, 0.15) is 19.8 Å². The zero-order valence-corrected chi connectivity index (χ0v) is 7.79. The third kappa shape index (κ3) is 1.35. The van der Waals surface area contributed by atoms with Crippen molar-refractivity contribution in [2.24, 2.45) is 0 Å². The molecule has 1 aliphatic rings. The van der Waals surface area contributed by atoms with Gasteiger partial charge >= 0.3 is 0 Å². The number of rotatable bonds is 2. The van der Waals surface area contributed by atoms with E-state index in [1.807, 2.05) is 0 Å². The smallest absolute Gasteiger partial charge is 0.222 e. The van der Waals surface area contributed by atoms with E-state index in [0.717, 1.165) is 6.42 Å². The second-order valence-electron chi connectivity index (χ2n) is 3.10. The maximum atomic E-state index is 9.81. The second kappa shape index (κ2) is 3.30. The van der Waals surface area contributed by atoms with Crippen LogP contribution in [0.5, 0.6) is 0 Å². The number of hydrogen-bond acceptors (Lipinski definition) is 4. The van der Waals surface area contributed by atoms with Gasteiger partial charge < -0.3 is 19.3 Å². The molecule has 4 heteroatoms. The van der Waals surface area contributed by atoms with Gasteiger partial charge in [0.05, 0.1) is 6.61 Å². The molecule has 0 radical (unpaired) electrons. The first kappa shape index (κ1) is 9.92. The highest BCUT2D eigenvalue weighted by Gasteiger charge is 2.51. The van der Waals surface area contributed by atoms with E-state index in [0.29, 0.717) is 13.0 Å². The second-order valence-corrected chi connectivity index (χ2v) is 3.10. The quantitative estimate of drug-likeness (QED) is 0.622. The van der Waals surface area contributed by atoms with Gasteiger partial charge in [-0.15, -0.1) is 0 Å². The summed E-state index contributed by atoms with van der Waals surface area (Å²) in [7, 11) is 3.01. The van der Waals surface area contributed by atoms with Crippen LogP contribution in [0.15, 0.2) is 0 Å². The predicted octanol–water partition coefficient (Wildman–Crippen LogP) is 0.494. The minimum absolute atomic E-state index is 0.543. The molecule has 1 aliphatic heterocycles. The molecule has 0 saturated carbocycles. The zero-order valence-electron chi connectivity index (χ0n) is 7.79. The lowest BCUT2D eigenvalue weighted by atomic mass is 9.99. The Morgan fingerprint density at radius 2 is 1.92 bits per heavy atom. The summed E-state index contributed by atoms with van der Waals surface area (Å²) in [4.78, 5) is 0. The highest BCUT2D eigenvalue weighted by Crippen LogP contribution is 2.36. The van der Waals surface area contributed by atoms with Gasteiger partial charge in [0.25, 0.3) is 0 Å². The molecule has 0 aliphatic carbocycles. The molecule has 0 aromatic heterocycles. The molecule has 0 spiro atoms. The SMILES string of the molecule is COC1(OC)CCCOC1(C)O. The predicted molar refractivity (Wildman–Crippen MR) is 42.6 cm³/mol. The maximum Gasteiger partial charge on any atom is 0.222 e. The average Bonchev–Trinajstić information content (AvgIpc) is 2.05. The van der Waals surface area contributed by atoms with Gasteiger partial charge in [0.2, 0.25) is 11.6 Å². The first-order valence-corrected chi connectivity index (χ1v) is 4.04. The van der Waals surface area contributed by atoms with Crippen molar-refractivity contribution in [2.45, 2.75) is 31.3 Å². The van der Waals surface area contributed by atoms with Crippen LogP contribution in [0.4, 0.5) is 0 Å². The van der Waals surface area contributed by atoms with Crippen LogP contribution < -0.4 is 0 Å². The van der Waals surface area contributed by atoms with Gasteiger partial charge in [-0.1, -0.05) is 0 Å². The Labute approximate surface area is 72.4 Å². The van der Waals surface area contributed by atoms with Crippen molar-refractivity contribution in [3.05, 3.63) is 0 Å². The topological polar surface area (TPSA) is 47.9 Å². The molecule has 1 saturated heterocycles. The van der Waals surface area contributed by atoms with Crippen molar-refractivity contribution in [1.29, 1.82) is 0 Å². The number of methoxy groups -OCH3 is 2. The van der Waals surface area contributed by atoms with Crippen LogP contribution in [0.2, 0.25) is 0 Å². The normalized spacial score (nSPS) is 35.0. The van der Waals surface area contributed by atoms with E-state index < -0.39 is 11.6 Å². The molecule has 1 N–H and O–H groups in total. The molecule has 0 aromatic carbocycles. The van der Waals surface area contributed by atoms with Crippen molar-refractivity contribution in [3.8, 4) is 0 Å². The van der Waals surface area contributed by atoms with Crippen molar-refractivity contribution in [3.63, 3.8) is 0 Å². The summed E-state index contributed by atoms with van der Waals surface area (Å²) in [5, 5.41) is 9.81. The Morgan fingerprint density at radius 1 is 1.33 bits per heavy atom. The Morgan fingerprint density at radius 3 is 2.25 bits per heavy atom. The Balaban J connectivity index is 2.81. The maximum absolute atomic E-state index is 9.81. The highest BCUT2D eigenvalue weighted by atomic mass is 16.8. The first-order chi connectivity index (χ1) is 5.58. The largest absolute Gasteiger partial charge is 0.362 e. The van der Waals surface area contributed by atoms with Gasteiger partial charge in [-0.25, -0.2) is 0 Å². The summed E-state index contributed by atoms with van der Waals surface area (Å²) < 4.78 is 15.5. The van der Waals surface area contributed by atoms with Crippen molar-refractivity contribution in [1.82, 2.24) is 0 Å². The van der Waals surface area contributed by atoms with Crippen LogP contribution in [0.25, 0.3) is 0 Å². The fourth-order valence-electron chi connectivity index (χ4n) is 1.58. The molecule has 1 fully saturated rings. The molecular formula is C8H16O4. The number of aliphatic hydroxyl groups is 1. The standard InChI is InChI=1S/C8H16O4/c1-7(9)8(10-2,11-3)5-4-6-12-7/h9H,4-6H2,1-3H3. The summed E-state index contributed by atoms with van der Waals surface area (Å²) in [6, 6.07) is 0. The summed E-state index contributed by atoms with van der Waals surface area (Å²) in [5.41, 5.74) is 0. The molecule has 1 rings (SSSR count). The minimum Gasteiger partial charge on any atom is -0.362 e. The van der Waals surface area contributed by atoms with E-state index >= 15 is 0 Å². The van der Waals surface area contributed by atoms with Gasteiger partial charge in [-0.2, -0.15) is 0 Å². The third-order valence-corrected chi connectivity index (χ3v) is 2.40. The van der Waals surface area contributed by atoms with E-state index in [4.69, 9.17) is 14.2 Å². The molecule has 0 bridgehead atoms. The third-order valence-electron chi connectivity index (χ3n) is 2.40. The fourth-order valence-corrected chi connectivity index (χ4v) is 1.58. The lowest BCUT2D eigenvalue weighted by Crippen LogP contribution is -2.59. The Kier molecular flexibility index (Phi) is 2.73. The lowest BCUT2D eigenvalue weighted by Gasteiger charge is -2.45. The number of ether oxygens (including phenoxy) is 3.